The summed E-state index contributed by atoms with van der Waals surface area (Å²) in [5, 5.41) is 0. The number of carbonyl (C=O) groups is 6. The van der Waals surface area contributed by atoms with Gasteiger partial charge in [0.2, 0.25) is 0 Å². The number of benzene rings is 2. The molecule has 2 aromatic rings. The van der Waals surface area contributed by atoms with Gasteiger partial charge >= 0.3 is 0 Å². The van der Waals surface area contributed by atoms with Gasteiger partial charge in [-0.3, -0.25) is 28.8 Å². The summed E-state index contributed by atoms with van der Waals surface area (Å²) >= 11 is 0. The first-order valence-corrected chi connectivity index (χ1v) is 11.3. The summed E-state index contributed by atoms with van der Waals surface area (Å²) in [7, 11) is -1.83. The molecule has 0 aliphatic heterocycles. The lowest BCUT2D eigenvalue weighted by molar-refractivity contribution is -0.120. The molecule has 2 aliphatic rings. The number of rotatable bonds is 6. The Labute approximate surface area is 185 Å². The van der Waals surface area contributed by atoms with Gasteiger partial charge in [-0.1, -0.05) is 13.8 Å². The second kappa shape index (κ2) is 7.94. The zero-order chi connectivity index (χ0) is 23.3. The number of carbonyl (C=O) groups excluding carboxylic acids is 6. The predicted molar refractivity (Wildman–Crippen MR) is 112 cm³/mol. The SMILES string of the molecule is CCC(=O)C1C(=O)c2ccc(S(=O)c3ccc4c(c3)C(=O)C(C(=O)CC)C4=O)cc2C1=O. The van der Waals surface area contributed by atoms with E-state index in [0.29, 0.717) is 0 Å². The summed E-state index contributed by atoms with van der Waals surface area (Å²) in [6, 6.07) is 8.29. The molecule has 0 fully saturated rings. The summed E-state index contributed by atoms with van der Waals surface area (Å²) in [5.41, 5.74) is 0.346. The monoisotopic (exact) mass is 450 g/mol. The zero-order valence-electron chi connectivity index (χ0n) is 17.3. The van der Waals surface area contributed by atoms with Crippen molar-refractivity contribution >= 4 is 45.5 Å². The third-order valence-electron chi connectivity index (χ3n) is 5.86. The molecule has 0 radical (unpaired) electrons. The van der Waals surface area contributed by atoms with E-state index in [1.54, 1.807) is 13.8 Å². The van der Waals surface area contributed by atoms with Gasteiger partial charge in [-0.25, -0.2) is 4.21 Å². The second-order valence-corrected chi connectivity index (χ2v) is 9.13. The van der Waals surface area contributed by atoms with E-state index in [9.17, 15) is 33.0 Å². The van der Waals surface area contributed by atoms with Gasteiger partial charge in [-0.05, 0) is 36.4 Å². The molecule has 162 valence electrons. The third-order valence-corrected chi connectivity index (χ3v) is 7.23. The molecule has 0 saturated carbocycles. The minimum atomic E-state index is -1.83. The van der Waals surface area contributed by atoms with Gasteiger partial charge in [0, 0.05) is 44.9 Å². The molecule has 2 aliphatic carbocycles. The molecular formula is C24H18O7S. The summed E-state index contributed by atoms with van der Waals surface area (Å²) in [6.07, 6.45) is 0.108. The van der Waals surface area contributed by atoms with Gasteiger partial charge < -0.3 is 0 Å². The van der Waals surface area contributed by atoms with Crippen LogP contribution < -0.4 is 0 Å². The number of hydrogen-bond acceptors (Lipinski definition) is 7. The van der Waals surface area contributed by atoms with Crippen LogP contribution in [0.2, 0.25) is 0 Å². The molecule has 8 heteroatoms. The average Bonchev–Trinajstić information content (AvgIpc) is 3.21. The van der Waals surface area contributed by atoms with E-state index in [0.717, 1.165) is 0 Å². The van der Waals surface area contributed by atoms with Crippen molar-refractivity contribution in [2.75, 3.05) is 0 Å². The first kappa shape index (κ1) is 21.8. The molecular weight excluding hydrogens is 432 g/mol. The Morgan fingerprint density at radius 1 is 0.656 bits per heavy atom. The smallest absolute Gasteiger partial charge is 0.181 e. The normalized spacial score (nSPS) is 20.3. The molecule has 2 unspecified atom stereocenters. The Hall–Kier alpha value is -3.39. The van der Waals surface area contributed by atoms with Gasteiger partial charge in [0.15, 0.2) is 34.7 Å². The van der Waals surface area contributed by atoms with Crippen molar-refractivity contribution in [3.8, 4) is 0 Å². The number of hydrogen-bond donors (Lipinski definition) is 0. The van der Waals surface area contributed by atoms with Crippen molar-refractivity contribution in [2.24, 2.45) is 11.8 Å². The van der Waals surface area contributed by atoms with Gasteiger partial charge in [0.1, 0.15) is 11.8 Å². The molecule has 0 heterocycles. The summed E-state index contributed by atoms with van der Waals surface area (Å²) in [4.78, 5) is 74.6. The van der Waals surface area contributed by atoms with E-state index < -0.39 is 57.3 Å². The highest BCUT2D eigenvalue weighted by atomic mass is 32.2. The van der Waals surface area contributed by atoms with Crippen LogP contribution in [0.1, 0.15) is 68.1 Å². The summed E-state index contributed by atoms with van der Waals surface area (Å²) < 4.78 is 13.2. The van der Waals surface area contributed by atoms with E-state index >= 15 is 0 Å². The Bertz CT molecular complexity index is 1190. The average molecular weight is 450 g/mol. The van der Waals surface area contributed by atoms with Crippen LogP contribution in [0.15, 0.2) is 46.2 Å². The van der Waals surface area contributed by atoms with E-state index in [1.165, 1.54) is 36.4 Å². The highest BCUT2D eigenvalue weighted by Gasteiger charge is 2.44. The van der Waals surface area contributed by atoms with Gasteiger partial charge in [-0.15, -0.1) is 0 Å². The summed E-state index contributed by atoms with van der Waals surface area (Å²) in [5.74, 6) is -5.94. The Kier molecular flexibility index (Phi) is 5.42. The molecule has 32 heavy (non-hydrogen) atoms. The maximum atomic E-state index is 13.2. The highest BCUT2D eigenvalue weighted by molar-refractivity contribution is 7.85. The number of ketones is 6. The van der Waals surface area contributed by atoms with Crippen molar-refractivity contribution in [3.63, 3.8) is 0 Å². The molecule has 0 aromatic heterocycles. The van der Waals surface area contributed by atoms with Crippen LogP contribution in [0.4, 0.5) is 0 Å². The van der Waals surface area contributed by atoms with Gasteiger partial charge in [-0.2, -0.15) is 0 Å². The minimum absolute atomic E-state index is 0.0497. The molecule has 4 rings (SSSR count). The number of Topliss-reactive ketones (excluding diaryl/α,β-unsaturated/α-hetero) is 6. The van der Waals surface area contributed by atoms with E-state index in [-0.39, 0.29) is 44.9 Å². The molecule has 2 atom stereocenters. The fraction of sp³-hybridized carbons (Fsp3) is 0.250. The van der Waals surface area contributed by atoms with Gasteiger partial charge in [0.05, 0.1) is 10.8 Å². The minimum Gasteiger partial charge on any atom is -0.298 e. The zero-order valence-corrected chi connectivity index (χ0v) is 18.1. The van der Waals surface area contributed by atoms with Crippen LogP contribution in [0.25, 0.3) is 0 Å². The van der Waals surface area contributed by atoms with Gasteiger partial charge in [0.25, 0.3) is 0 Å². The van der Waals surface area contributed by atoms with E-state index in [1.807, 2.05) is 0 Å². The molecule has 0 amide bonds. The lowest BCUT2D eigenvalue weighted by Crippen LogP contribution is -2.24. The van der Waals surface area contributed by atoms with Crippen molar-refractivity contribution in [2.45, 2.75) is 36.5 Å². The molecule has 0 saturated heterocycles. The molecule has 2 aromatic carbocycles. The topological polar surface area (TPSA) is 119 Å². The largest absolute Gasteiger partial charge is 0.298 e. The molecule has 0 N–H and O–H groups in total. The third kappa shape index (κ3) is 3.14. The van der Waals surface area contributed by atoms with Crippen LogP contribution in [0, 0.1) is 11.8 Å². The van der Waals surface area contributed by atoms with Crippen LogP contribution >= 0.6 is 0 Å². The lowest BCUT2D eigenvalue weighted by Gasteiger charge is -2.06. The molecule has 0 bridgehead atoms. The summed E-state index contributed by atoms with van der Waals surface area (Å²) in [6.45, 7) is 3.15. The molecule has 0 spiro atoms. The maximum Gasteiger partial charge on any atom is 0.181 e. The van der Waals surface area contributed by atoms with Crippen LogP contribution in [0.3, 0.4) is 0 Å². The number of fused-ring (bicyclic) bond motifs is 2. The lowest BCUT2D eigenvalue weighted by atomic mass is 9.97. The van der Waals surface area contributed by atoms with Crippen LogP contribution in [-0.2, 0) is 20.4 Å². The maximum absolute atomic E-state index is 13.2. The second-order valence-electron chi connectivity index (χ2n) is 7.65. The fourth-order valence-electron chi connectivity index (χ4n) is 4.10. The standard InChI is InChI=1S/C24H18O7S/c1-3-17(25)19-21(27)13-7-5-11(9-15(13)23(19)29)32(31)12-6-8-14-16(10-12)24(30)20(22(14)28)18(26)4-2/h5-10,19-20H,3-4H2,1-2H3. The van der Waals surface area contributed by atoms with Crippen LogP contribution in [0.5, 0.6) is 0 Å². The fourth-order valence-corrected chi connectivity index (χ4v) is 5.21. The van der Waals surface area contributed by atoms with Crippen LogP contribution in [-0.4, -0.2) is 38.9 Å². The Morgan fingerprint density at radius 3 is 1.34 bits per heavy atom. The van der Waals surface area contributed by atoms with Crippen molar-refractivity contribution in [1.82, 2.24) is 0 Å². The van der Waals surface area contributed by atoms with Crippen molar-refractivity contribution < 1.29 is 33.0 Å². The first-order chi connectivity index (χ1) is 15.2. The van der Waals surface area contributed by atoms with Crippen molar-refractivity contribution in [1.29, 1.82) is 0 Å². The molecule has 7 nitrogen and oxygen atoms in total. The van der Waals surface area contributed by atoms with Crippen molar-refractivity contribution in [3.05, 3.63) is 58.7 Å². The quantitative estimate of drug-likeness (QED) is 0.621. The van der Waals surface area contributed by atoms with E-state index in [4.69, 9.17) is 0 Å². The highest BCUT2D eigenvalue weighted by Crippen LogP contribution is 2.33. The Balaban J connectivity index is 1.69. The van der Waals surface area contributed by atoms with E-state index in [2.05, 4.69) is 0 Å². The predicted octanol–water partition coefficient (Wildman–Crippen LogP) is 2.80. The first-order valence-electron chi connectivity index (χ1n) is 10.1. The Morgan fingerprint density at radius 2 is 1.00 bits per heavy atom.